The van der Waals surface area contributed by atoms with Crippen LogP contribution in [0.15, 0.2) is 30.3 Å². The summed E-state index contributed by atoms with van der Waals surface area (Å²) in [6, 6.07) is 9.00. The Labute approximate surface area is 202 Å². The lowest BCUT2D eigenvalue weighted by molar-refractivity contribution is 0.0819. The number of carbonyl (C=O) groups is 1. The van der Waals surface area contributed by atoms with Gasteiger partial charge in [-0.05, 0) is 42.7 Å². The van der Waals surface area contributed by atoms with E-state index in [-0.39, 0.29) is 24.3 Å². The van der Waals surface area contributed by atoms with E-state index in [1.807, 2.05) is 18.2 Å². The maximum atomic E-state index is 12.5. The number of halogens is 3. The van der Waals surface area contributed by atoms with Crippen molar-refractivity contribution in [2.45, 2.75) is 31.1 Å². The Morgan fingerprint density at radius 2 is 1.88 bits per heavy atom. The molecule has 2 aliphatic heterocycles. The molecule has 0 unspecified atom stereocenters. The van der Waals surface area contributed by atoms with Crippen molar-refractivity contribution in [1.82, 2.24) is 9.80 Å². The van der Waals surface area contributed by atoms with Crippen molar-refractivity contribution in [2.24, 2.45) is 0 Å². The molecule has 2 amide bonds. The van der Waals surface area contributed by atoms with E-state index in [0.717, 1.165) is 30.5 Å². The van der Waals surface area contributed by atoms with Gasteiger partial charge < -0.3 is 14.7 Å². The number of ether oxygens (including phenoxy) is 1. The summed E-state index contributed by atoms with van der Waals surface area (Å²) in [4.78, 5) is 18.1. The molecule has 9 heteroatoms. The molecule has 6 nitrogen and oxygen atoms in total. The van der Waals surface area contributed by atoms with Gasteiger partial charge in [0.25, 0.3) is 0 Å². The molecule has 0 bridgehead atoms. The molecule has 2 saturated heterocycles. The zero-order valence-corrected chi connectivity index (χ0v) is 19.9. The second-order valence-electron chi connectivity index (χ2n) is 8.67. The summed E-state index contributed by atoms with van der Waals surface area (Å²) in [6.45, 7) is 2.62. The standard InChI is InChI=1S/C23H24Cl3N3O3/c1-27-6-7-29(23(27)31)20-10-15(2-3-18(20)25)32-22-17-8-13(24)9-19(26)16(17)11-21(22)28-5-4-14(30)12-28/h2-3,8-10,14,21-22,30H,4-7,11-12H2,1H3/t14-,21-,22+/m1/s1. The first-order valence-electron chi connectivity index (χ1n) is 10.7. The fraction of sp³-hybridized carbons (Fsp3) is 0.435. The number of aliphatic hydroxyl groups excluding tert-OH is 1. The second-order valence-corrected chi connectivity index (χ2v) is 9.92. The molecule has 2 aromatic rings. The van der Waals surface area contributed by atoms with Gasteiger partial charge in [-0.1, -0.05) is 34.8 Å². The summed E-state index contributed by atoms with van der Waals surface area (Å²) in [5, 5.41) is 11.8. The highest BCUT2D eigenvalue weighted by molar-refractivity contribution is 6.35. The van der Waals surface area contributed by atoms with E-state index in [4.69, 9.17) is 39.5 Å². The summed E-state index contributed by atoms with van der Waals surface area (Å²) < 4.78 is 6.54. The fourth-order valence-corrected chi connectivity index (χ4v) is 5.74. The van der Waals surface area contributed by atoms with Crippen molar-refractivity contribution in [3.63, 3.8) is 0 Å². The Hall–Kier alpha value is -1.70. The maximum absolute atomic E-state index is 12.5. The lowest BCUT2D eigenvalue weighted by Crippen LogP contribution is -2.39. The molecule has 0 radical (unpaired) electrons. The number of amides is 2. The van der Waals surface area contributed by atoms with Gasteiger partial charge in [0, 0.05) is 54.9 Å². The molecule has 2 aromatic carbocycles. The van der Waals surface area contributed by atoms with Crippen LogP contribution in [0.5, 0.6) is 5.75 Å². The number of likely N-dealkylation sites (N-methyl/N-ethyl adjacent to an activating group) is 1. The van der Waals surface area contributed by atoms with Gasteiger partial charge in [0.1, 0.15) is 11.9 Å². The zero-order valence-electron chi connectivity index (χ0n) is 17.6. The first kappa shape index (κ1) is 22.1. The number of anilines is 1. The average molecular weight is 497 g/mol. The van der Waals surface area contributed by atoms with Gasteiger partial charge in [0.2, 0.25) is 0 Å². The Morgan fingerprint density at radius 1 is 1.06 bits per heavy atom. The molecule has 3 atom stereocenters. The Kier molecular flexibility index (Phi) is 5.93. The fourth-order valence-electron chi connectivity index (χ4n) is 4.94. The van der Waals surface area contributed by atoms with Crippen LogP contribution in [0.3, 0.4) is 0 Å². The molecule has 0 saturated carbocycles. The van der Waals surface area contributed by atoms with Crippen LogP contribution in [0.1, 0.15) is 23.7 Å². The van der Waals surface area contributed by atoms with Gasteiger partial charge in [-0.25, -0.2) is 4.79 Å². The molecule has 0 aromatic heterocycles. The summed E-state index contributed by atoms with van der Waals surface area (Å²) in [5.74, 6) is 0.616. The summed E-state index contributed by atoms with van der Waals surface area (Å²) in [7, 11) is 1.77. The molecular weight excluding hydrogens is 473 g/mol. The summed E-state index contributed by atoms with van der Waals surface area (Å²) in [5.41, 5.74) is 2.62. The van der Waals surface area contributed by atoms with Crippen molar-refractivity contribution in [3.05, 3.63) is 56.5 Å². The van der Waals surface area contributed by atoms with Crippen LogP contribution in [0.2, 0.25) is 15.1 Å². The van der Waals surface area contributed by atoms with Crippen LogP contribution in [0.4, 0.5) is 10.5 Å². The minimum Gasteiger partial charge on any atom is -0.484 e. The number of carbonyl (C=O) groups excluding carboxylic acids is 1. The molecule has 2 heterocycles. The predicted octanol–water partition coefficient (Wildman–Crippen LogP) is 4.63. The van der Waals surface area contributed by atoms with Gasteiger partial charge in [-0.3, -0.25) is 9.80 Å². The molecular formula is C23H24Cl3N3O3. The highest BCUT2D eigenvalue weighted by Gasteiger charge is 2.42. The number of likely N-dealkylation sites (tertiary alicyclic amines) is 1. The quantitative estimate of drug-likeness (QED) is 0.670. The molecule has 5 rings (SSSR count). The number of hydrogen-bond acceptors (Lipinski definition) is 4. The van der Waals surface area contributed by atoms with E-state index in [2.05, 4.69) is 4.90 Å². The molecule has 3 aliphatic rings. The molecule has 2 fully saturated rings. The van der Waals surface area contributed by atoms with E-state index in [1.54, 1.807) is 29.0 Å². The summed E-state index contributed by atoms with van der Waals surface area (Å²) in [6.07, 6.45) is 0.818. The van der Waals surface area contributed by atoms with Gasteiger partial charge >= 0.3 is 6.03 Å². The van der Waals surface area contributed by atoms with Crippen molar-refractivity contribution >= 4 is 46.5 Å². The van der Waals surface area contributed by atoms with Gasteiger partial charge in [-0.2, -0.15) is 0 Å². The van der Waals surface area contributed by atoms with Crippen molar-refractivity contribution in [1.29, 1.82) is 0 Å². The number of hydrogen-bond donors (Lipinski definition) is 1. The van der Waals surface area contributed by atoms with E-state index >= 15 is 0 Å². The topological polar surface area (TPSA) is 56.3 Å². The van der Waals surface area contributed by atoms with Crippen LogP contribution >= 0.6 is 34.8 Å². The molecule has 170 valence electrons. The normalized spacial score (nSPS) is 25.7. The van der Waals surface area contributed by atoms with Crippen LogP contribution in [-0.2, 0) is 6.42 Å². The van der Waals surface area contributed by atoms with Crippen LogP contribution in [0, 0.1) is 0 Å². The number of urea groups is 1. The smallest absolute Gasteiger partial charge is 0.324 e. The van der Waals surface area contributed by atoms with E-state index in [9.17, 15) is 9.90 Å². The van der Waals surface area contributed by atoms with E-state index in [1.165, 1.54) is 0 Å². The predicted molar refractivity (Wildman–Crippen MR) is 126 cm³/mol. The first-order chi connectivity index (χ1) is 15.3. The lowest BCUT2D eigenvalue weighted by atomic mass is 10.1. The highest BCUT2D eigenvalue weighted by Crippen LogP contribution is 2.44. The Bertz CT molecular complexity index is 1070. The van der Waals surface area contributed by atoms with Gasteiger partial charge in [-0.15, -0.1) is 0 Å². The number of rotatable bonds is 4. The van der Waals surface area contributed by atoms with Crippen molar-refractivity contribution in [3.8, 4) is 5.75 Å². The van der Waals surface area contributed by atoms with E-state index < -0.39 is 0 Å². The number of fused-ring (bicyclic) bond motifs is 1. The van der Waals surface area contributed by atoms with Crippen molar-refractivity contribution in [2.75, 3.05) is 38.1 Å². The third kappa shape index (κ3) is 3.93. The zero-order chi connectivity index (χ0) is 22.6. The SMILES string of the molecule is CN1CCN(c2cc(O[C@H]3c4cc(Cl)cc(Cl)c4C[C@H]3N3CC[C@@H](O)C3)ccc2Cl)C1=O. The third-order valence-corrected chi connectivity index (χ3v) is 7.49. The third-order valence-electron chi connectivity index (χ3n) is 6.62. The average Bonchev–Trinajstić information content (AvgIpc) is 3.42. The van der Waals surface area contributed by atoms with E-state index in [0.29, 0.717) is 46.1 Å². The van der Waals surface area contributed by atoms with Crippen LogP contribution in [0.25, 0.3) is 0 Å². The number of nitrogens with zero attached hydrogens (tertiary/aromatic N) is 3. The molecule has 32 heavy (non-hydrogen) atoms. The molecule has 1 N–H and O–H groups in total. The lowest BCUT2D eigenvalue weighted by Gasteiger charge is -2.30. The Morgan fingerprint density at radius 3 is 2.56 bits per heavy atom. The minimum absolute atomic E-state index is 0.0248. The Balaban J connectivity index is 1.49. The van der Waals surface area contributed by atoms with Gasteiger partial charge in [0.05, 0.1) is 22.9 Å². The number of aliphatic hydroxyl groups is 1. The first-order valence-corrected chi connectivity index (χ1v) is 11.8. The molecule has 0 spiro atoms. The summed E-state index contributed by atoms with van der Waals surface area (Å²) >= 11 is 19.3. The van der Waals surface area contributed by atoms with Crippen molar-refractivity contribution < 1.29 is 14.6 Å². The monoisotopic (exact) mass is 495 g/mol. The largest absolute Gasteiger partial charge is 0.484 e. The maximum Gasteiger partial charge on any atom is 0.324 e. The van der Waals surface area contributed by atoms with Crippen LogP contribution < -0.4 is 9.64 Å². The molecule has 1 aliphatic carbocycles. The number of β-amino-alcohol motifs (C(OH)–C–C–N with tert-alkyl or cyclic N) is 1. The second kappa shape index (κ2) is 8.58. The van der Waals surface area contributed by atoms with Gasteiger partial charge in [0.15, 0.2) is 0 Å². The number of benzene rings is 2. The van der Waals surface area contributed by atoms with Crippen LogP contribution in [-0.4, -0.2) is 66.3 Å². The highest BCUT2D eigenvalue weighted by atomic mass is 35.5. The minimum atomic E-state index is -0.335.